The van der Waals surface area contributed by atoms with Crippen molar-refractivity contribution in [2.75, 3.05) is 7.11 Å². The molecule has 5 heteroatoms. The van der Waals surface area contributed by atoms with Gasteiger partial charge in [-0.2, -0.15) is 5.10 Å². The Kier molecular flexibility index (Phi) is 4.06. The Labute approximate surface area is 95.0 Å². The molecule has 1 rings (SSSR count). The maximum absolute atomic E-state index is 11.2. The van der Waals surface area contributed by atoms with Gasteiger partial charge in [0.2, 0.25) is 0 Å². The number of aryl methyl sites for hydroxylation is 2. The second kappa shape index (κ2) is 5.12. The summed E-state index contributed by atoms with van der Waals surface area (Å²) in [5, 5.41) is 14.1. The van der Waals surface area contributed by atoms with Crippen LogP contribution in [-0.4, -0.2) is 28.0 Å². The summed E-state index contributed by atoms with van der Waals surface area (Å²) in [5.41, 5.74) is 1.55. The predicted octanol–water partition coefficient (Wildman–Crippen LogP) is 0.961. The number of carbonyl (C=O) groups is 1. The number of aromatic nitrogens is 2. The van der Waals surface area contributed by atoms with Crippen LogP contribution in [0.5, 0.6) is 0 Å². The fourth-order valence-corrected chi connectivity index (χ4v) is 1.70. The Balaban J connectivity index is 2.68. The van der Waals surface area contributed by atoms with E-state index in [2.05, 4.69) is 9.84 Å². The van der Waals surface area contributed by atoms with Gasteiger partial charge in [-0.3, -0.25) is 9.48 Å². The zero-order valence-corrected chi connectivity index (χ0v) is 10.1. The summed E-state index contributed by atoms with van der Waals surface area (Å²) in [7, 11) is 3.15. The summed E-state index contributed by atoms with van der Waals surface area (Å²) < 4.78 is 6.26. The van der Waals surface area contributed by atoms with Crippen molar-refractivity contribution >= 4 is 5.97 Å². The van der Waals surface area contributed by atoms with Crippen molar-refractivity contribution in [3.05, 3.63) is 17.5 Å². The lowest BCUT2D eigenvalue weighted by molar-refractivity contribution is -0.145. The van der Waals surface area contributed by atoms with Gasteiger partial charge in [0.25, 0.3) is 0 Å². The number of nitrogens with zero attached hydrogens (tertiary/aromatic N) is 2. The number of carbonyl (C=O) groups excluding carboxylic acids is 1. The molecule has 2 unspecified atom stereocenters. The number of methoxy groups -OCH3 is 1. The first kappa shape index (κ1) is 12.7. The first-order chi connectivity index (χ1) is 7.45. The van der Waals surface area contributed by atoms with E-state index in [9.17, 15) is 9.90 Å². The van der Waals surface area contributed by atoms with Crippen molar-refractivity contribution in [2.45, 2.75) is 26.4 Å². The van der Waals surface area contributed by atoms with E-state index in [0.29, 0.717) is 6.42 Å². The minimum atomic E-state index is -0.678. The first-order valence-electron chi connectivity index (χ1n) is 5.21. The molecule has 2 atom stereocenters. The molecule has 1 N–H and O–H groups in total. The zero-order chi connectivity index (χ0) is 12.3. The highest BCUT2D eigenvalue weighted by Gasteiger charge is 2.21. The van der Waals surface area contributed by atoms with Gasteiger partial charge in [-0.05, 0) is 13.3 Å². The highest BCUT2D eigenvalue weighted by molar-refractivity contribution is 5.71. The third kappa shape index (κ3) is 2.82. The molecule has 1 aromatic rings. The van der Waals surface area contributed by atoms with Gasteiger partial charge in [-0.25, -0.2) is 0 Å². The second-order valence-corrected chi connectivity index (χ2v) is 4.02. The summed E-state index contributed by atoms with van der Waals surface area (Å²) in [6.07, 6.45) is 1.44. The smallest absolute Gasteiger partial charge is 0.308 e. The van der Waals surface area contributed by atoms with E-state index >= 15 is 0 Å². The second-order valence-electron chi connectivity index (χ2n) is 4.02. The molecule has 0 aliphatic heterocycles. The van der Waals surface area contributed by atoms with Crippen LogP contribution in [0.2, 0.25) is 0 Å². The third-order valence-corrected chi connectivity index (χ3v) is 2.59. The third-order valence-electron chi connectivity index (χ3n) is 2.59. The molecule has 0 fully saturated rings. The Morgan fingerprint density at radius 1 is 1.69 bits per heavy atom. The van der Waals surface area contributed by atoms with Crippen LogP contribution in [-0.2, 0) is 16.6 Å². The fourth-order valence-electron chi connectivity index (χ4n) is 1.70. The number of ether oxygens (including phenoxy) is 1. The number of aliphatic hydroxyl groups is 1. The zero-order valence-electron chi connectivity index (χ0n) is 10.1. The van der Waals surface area contributed by atoms with Crippen LogP contribution in [0, 0.1) is 12.8 Å². The SMILES string of the molecule is COC(=O)C(C)CC(O)c1cn(C)nc1C. The molecule has 5 nitrogen and oxygen atoms in total. The van der Waals surface area contributed by atoms with Gasteiger partial charge < -0.3 is 9.84 Å². The van der Waals surface area contributed by atoms with E-state index < -0.39 is 6.10 Å². The number of esters is 1. The molecule has 90 valence electrons. The molecule has 0 radical (unpaired) electrons. The van der Waals surface area contributed by atoms with Crippen molar-refractivity contribution in [3.8, 4) is 0 Å². The van der Waals surface area contributed by atoms with Gasteiger partial charge in [0.05, 0.1) is 24.8 Å². The average Bonchev–Trinajstić information content (AvgIpc) is 2.56. The minimum absolute atomic E-state index is 0.305. The Morgan fingerprint density at radius 3 is 2.75 bits per heavy atom. The van der Waals surface area contributed by atoms with Crippen LogP contribution in [0.3, 0.4) is 0 Å². The first-order valence-corrected chi connectivity index (χ1v) is 5.21. The molecular weight excluding hydrogens is 208 g/mol. The molecule has 0 spiro atoms. The quantitative estimate of drug-likeness (QED) is 0.777. The molecule has 1 aromatic heterocycles. The van der Waals surface area contributed by atoms with E-state index in [-0.39, 0.29) is 11.9 Å². The number of hydrogen-bond donors (Lipinski definition) is 1. The molecule has 16 heavy (non-hydrogen) atoms. The topological polar surface area (TPSA) is 64.3 Å². The van der Waals surface area contributed by atoms with Gasteiger partial charge in [0.15, 0.2) is 0 Å². The van der Waals surface area contributed by atoms with Crippen molar-refractivity contribution in [1.29, 1.82) is 0 Å². The summed E-state index contributed by atoms with van der Waals surface area (Å²) >= 11 is 0. The number of hydrogen-bond acceptors (Lipinski definition) is 4. The van der Waals surface area contributed by atoms with Crippen molar-refractivity contribution in [3.63, 3.8) is 0 Å². The average molecular weight is 226 g/mol. The van der Waals surface area contributed by atoms with Crippen LogP contribution < -0.4 is 0 Å². The Morgan fingerprint density at radius 2 is 2.31 bits per heavy atom. The summed E-state index contributed by atoms with van der Waals surface area (Å²) in [5.74, 6) is -0.625. The maximum Gasteiger partial charge on any atom is 0.308 e. The highest BCUT2D eigenvalue weighted by Crippen LogP contribution is 2.23. The van der Waals surface area contributed by atoms with Gasteiger partial charge in [0, 0.05) is 18.8 Å². The van der Waals surface area contributed by atoms with Crippen molar-refractivity contribution < 1.29 is 14.6 Å². The number of rotatable bonds is 4. The Hall–Kier alpha value is -1.36. The molecular formula is C11H18N2O3. The monoisotopic (exact) mass is 226 g/mol. The van der Waals surface area contributed by atoms with E-state index in [0.717, 1.165) is 11.3 Å². The molecule has 0 aromatic carbocycles. The standard InChI is InChI=1S/C11H18N2O3/c1-7(11(15)16-4)5-10(14)9-6-13(3)12-8(9)2/h6-7,10,14H,5H2,1-4H3. The van der Waals surface area contributed by atoms with Crippen LogP contribution in [0.1, 0.15) is 30.7 Å². The van der Waals surface area contributed by atoms with Gasteiger partial charge in [0.1, 0.15) is 0 Å². The molecule has 0 bridgehead atoms. The van der Waals surface area contributed by atoms with Crippen LogP contribution >= 0.6 is 0 Å². The fraction of sp³-hybridized carbons (Fsp3) is 0.636. The van der Waals surface area contributed by atoms with Crippen molar-refractivity contribution in [2.24, 2.45) is 13.0 Å². The van der Waals surface area contributed by atoms with E-state index in [4.69, 9.17) is 0 Å². The molecule has 0 amide bonds. The lowest BCUT2D eigenvalue weighted by Crippen LogP contribution is -2.16. The summed E-state index contributed by atoms with van der Waals surface area (Å²) in [4.78, 5) is 11.2. The van der Waals surface area contributed by atoms with E-state index in [1.54, 1.807) is 24.9 Å². The summed E-state index contributed by atoms with van der Waals surface area (Å²) in [6.45, 7) is 3.57. The van der Waals surface area contributed by atoms with Gasteiger partial charge in [-0.15, -0.1) is 0 Å². The largest absolute Gasteiger partial charge is 0.469 e. The predicted molar refractivity (Wildman–Crippen MR) is 58.7 cm³/mol. The molecule has 0 saturated carbocycles. The highest BCUT2D eigenvalue weighted by atomic mass is 16.5. The molecule has 0 saturated heterocycles. The molecule has 0 aliphatic carbocycles. The lowest BCUT2D eigenvalue weighted by Gasteiger charge is -2.13. The Bertz CT molecular complexity index is 373. The van der Waals surface area contributed by atoms with Gasteiger partial charge in [-0.1, -0.05) is 6.92 Å². The van der Waals surface area contributed by atoms with Crippen LogP contribution in [0.25, 0.3) is 0 Å². The molecule has 1 heterocycles. The molecule has 0 aliphatic rings. The van der Waals surface area contributed by atoms with Gasteiger partial charge >= 0.3 is 5.97 Å². The summed E-state index contributed by atoms with van der Waals surface area (Å²) in [6, 6.07) is 0. The lowest BCUT2D eigenvalue weighted by atomic mass is 9.99. The maximum atomic E-state index is 11.2. The van der Waals surface area contributed by atoms with Crippen LogP contribution in [0.15, 0.2) is 6.20 Å². The van der Waals surface area contributed by atoms with Crippen LogP contribution in [0.4, 0.5) is 0 Å². The van der Waals surface area contributed by atoms with E-state index in [1.807, 2.05) is 6.92 Å². The number of aliphatic hydroxyl groups excluding tert-OH is 1. The normalized spacial score (nSPS) is 14.6. The van der Waals surface area contributed by atoms with E-state index in [1.165, 1.54) is 7.11 Å². The minimum Gasteiger partial charge on any atom is -0.469 e. The van der Waals surface area contributed by atoms with Crippen molar-refractivity contribution in [1.82, 2.24) is 9.78 Å².